The first-order valence-corrected chi connectivity index (χ1v) is 8.05. The minimum atomic E-state index is -3.65. The van der Waals surface area contributed by atoms with Gasteiger partial charge >= 0.3 is 0 Å². The Hall–Kier alpha value is -1.71. The van der Waals surface area contributed by atoms with Gasteiger partial charge in [-0.1, -0.05) is 5.16 Å². The van der Waals surface area contributed by atoms with Crippen LogP contribution in [0.3, 0.4) is 0 Å². The number of hydrogen-bond acceptors (Lipinski definition) is 6. The van der Waals surface area contributed by atoms with Crippen LogP contribution in [0.5, 0.6) is 0 Å². The third-order valence-corrected chi connectivity index (χ3v) is 5.02. The zero-order chi connectivity index (χ0) is 14.8. The lowest BCUT2D eigenvalue weighted by Gasteiger charge is -2.00. The monoisotopic (exact) mass is 315 g/mol. The van der Waals surface area contributed by atoms with Crippen LogP contribution in [0.2, 0.25) is 0 Å². The lowest BCUT2D eigenvalue weighted by Crippen LogP contribution is -2.25. The van der Waals surface area contributed by atoms with Gasteiger partial charge in [-0.3, -0.25) is 4.79 Å². The molecule has 0 unspecified atom stereocenters. The summed E-state index contributed by atoms with van der Waals surface area (Å²) in [6.45, 7) is 2.07. The molecule has 0 atom stereocenters. The average molecular weight is 315 g/mol. The Morgan fingerprint density at radius 2 is 2.25 bits per heavy atom. The summed E-state index contributed by atoms with van der Waals surface area (Å²) in [5.41, 5.74) is 0.221. The van der Waals surface area contributed by atoms with Crippen molar-refractivity contribution in [2.24, 2.45) is 5.14 Å². The zero-order valence-corrected chi connectivity index (χ0v) is 12.3. The number of amides is 1. The zero-order valence-electron chi connectivity index (χ0n) is 10.6. The molecule has 0 saturated carbocycles. The lowest BCUT2D eigenvalue weighted by atomic mass is 10.3. The highest BCUT2D eigenvalue weighted by Crippen LogP contribution is 2.20. The first-order chi connectivity index (χ1) is 9.36. The van der Waals surface area contributed by atoms with Crippen molar-refractivity contribution in [1.29, 1.82) is 0 Å². The maximum Gasteiger partial charge on any atom is 0.273 e. The summed E-state index contributed by atoms with van der Waals surface area (Å²) in [5, 5.41) is 11.3. The van der Waals surface area contributed by atoms with E-state index < -0.39 is 10.0 Å². The minimum Gasteiger partial charge on any atom is -0.361 e. The molecule has 3 N–H and O–H groups in total. The molecule has 2 rings (SSSR count). The third kappa shape index (κ3) is 3.65. The summed E-state index contributed by atoms with van der Waals surface area (Å²) in [6, 6.07) is 4.68. The van der Waals surface area contributed by atoms with Crippen LogP contribution in [0.4, 0.5) is 0 Å². The molecule has 0 aliphatic carbocycles. The smallest absolute Gasteiger partial charge is 0.273 e. The Kier molecular flexibility index (Phi) is 4.21. The van der Waals surface area contributed by atoms with Gasteiger partial charge in [0.05, 0.1) is 0 Å². The predicted molar refractivity (Wildman–Crippen MR) is 73.0 cm³/mol. The fourth-order valence-corrected chi connectivity index (χ4v) is 3.29. The van der Waals surface area contributed by atoms with Gasteiger partial charge in [0, 0.05) is 17.5 Å². The fourth-order valence-electron chi connectivity index (χ4n) is 1.51. The van der Waals surface area contributed by atoms with Crippen LogP contribution < -0.4 is 10.5 Å². The van der Waals surface area contributed by atoms with E-state index in [1.165, 1.54) is 6.07 Å². The quantitative estimate of drug-likeness (QED) is 0.841. The van der Waals surface area contributed by atoms with E-state index in [1.54, 1.807) is 19.1 Å². The molecule has 2 aromatic rings. The van der Waals surface area contributed by atoms with Crippen molar-refractivity contribution in [3.63, 3.8) is 0 Å². The maximum absolute atomic E-state index is 11.7. The topological polar surface area (TPSA) is 115 Å². The van der Waals surface area contributed by atoms with Crippen molar-refractivity contribution in [2.45, 2.75) is 17.6 Å². The van der Waals surface area contributed by atoms with E-state index in [2.05, 4.69) is 10.5 Å². The number of aromatic nitrogens is 1. The van der Waals surface area contributed by atoms with Crippen LogP contribution >= 0.6 is 11.3 Å². The van der Waals surface area contributed by atoms with Crippen LogP contribution in [0.15, 0.2) is 26.9 Å². The van der Waals surface area contributed by atoms with E-state index in [9.17, 15) is 13.2 Å². The average Bonchev–Trinajstić information content (AvgIpc) is 2.97. The first-order valence-electron chi connectivity index (χ1n) is 5.69. The van der Waals surface area contributed by atoms with Crippen LogP contribution in [0.1, 0.15) is 21.1 Å². The van der Waals surface area contributed by atoms with Gasteiger partial charge in [-0.2, -0.15) is 0 Å². The minimum absolute atomic E-state index is 0.117. The number of nitrogens with two attached hydrogens (primary N) is 1. The van der Waals surface area contributed by atoms with Crippen molar-refractivity contribution in [2.75, 3.05) is 6.54 Å². The van der Waals surface area contributed by atoms with Crippen LogP contribution in [-0.4, -0.2) is 26.0 Å². The predicted octanol–water partition coefficient (Wildman–Crippen LogP) is 0.664. The van der Waals surface area contributed by atoms with Gasteiger partial charge in [0.25, 0.3) is 5.91 Å². The molecule has 108 valence electrons. The van der Waals surface area contributed by atoms with Gasteiger partial charge < -0.3 is 9.84 Å². The fraction of sp³-hybridized carbons (Fsp3) is 0.273. The molecular weight excluding hydrogens is 302 g/mol. The lowest BCUT2D eigenvalue weighted by molar-refractivity contribution is 0.0945. The molecule has 0 aliphatic rings. The summed E-state index contributed by atoms with van der Waals surface area (Å²) < 4.78 is 27.1. The SMILES string of the molecule is Cc1cc(C(=O)NCCc2ccc(S(N)(=O)=O)s2)no1. The standard InChI is InChI=1S/C11H13N3O4S2/c1-7-6-9(14-18-7)11(15)13-5-4-8-2-3-10(19-8)20(12,16)17/h2-3,6H,4-5H2,1H3,(H,13,15)(H2,12,16,17). The molecule has 0 radical (unpaired) electrons. The third-order valence-electron chi connectivity index (χ3n) is 2.43. The molecule has 0 bridgehead atoms. The molecule has 0 saturated heterocycles. The van der Waals surface area contributed by atoms with Crippen molar-refractivity contribution in [3.05, 3.63) is 34.5 Å². The molecule has 0 aromatic carbocycles. The van der Waals surface area contributed by atoms with Gasteiger partial charge in [0.2, 0.25) is 10.0 Å². The Morgan fingerprint density at radius 1 is 1.50 bits per heavy atom. The Balaban J connectivity index is 1.87. The number of hydrogen-bond donors (Lipinski definition) is 2. The van der Waals surface area contributed by atoms with Gasteiger partial charge in [0.15, 0.2) is 5.69 Å². The second-order valence-corrected chi connectivity index (χ2v) is 7.05. The molecule has 0 fully saturated rings. The number of carbonyl (C=O) groups is 1. The van der Waals surface area contributed by atoms with E-state index in [0.29, 0.717) is 18.7 Å². The number of aryl methyl sites for hydroxylation is 1. The molecule has 20 heavy (non-hydrogen) atoms. The number of nitrogens with zero attached hydrogens (tertiary/aromatic N) is 1. The van der Waals surface area contributed by atoms with E-state index in [4.69, 9.17) is 9.66 Å². The number of rotatable bonds is 5. The van der Waals surface area contributed by atoms with Gasteiger partial charge in [0.1, 0.15) is 9.97 Å². The molecule has 1 amide bonds. The van der Waals surface area contributed by atoms with Crippen molar-refractivity contribution in [3.8, 4) is 0 Å². The first kappa shape index (κ1) is 14.7. The summed E-state index contributed by atoms with van der Waals surface area (Å²) in [4.78, 5) is 12.5. The number of primary sulfonamides is 1. The normalized spacial score (nSPS) is 11.5. The number of nitrogens with one attached hydrogen (secondary N) is 1. The van der Waals surface area contributed by atoms with Crippen LogP contribution in [0, 0.1) is 6.92 Å². The van der Waals surface area contributed by atoms with Gasteiger partial charge in [-0.25, -0.2) is 13.6 Å². The summed E-state index contributed by atoms with van der Waals surface area (Å²) in [7, 11) is -3.65. The van der Waals surface area contributed by atoms with Crippen molar-refractivity contribution in [1.82, 2.24) is 10.5 Å². The highest BCUT2D eigenvalue weighted by molar-refractivity contribution is 7.91. The summed E-state index contributed by atoms with van der Waals surface area (Å²) in [5.74, 6) is 0.233. The Morgan fingerprint density at radius 3 is 2.80 bits per heavy atom. The van der Waals surface area contributed by atoms with Crippen molar-refractivity contribution < 1.29 is 17.7 Å². The highest BCUT2D eigenvalue weighted by Gasteiger charge is 2.12. The van der Waals surface area contributed by atoms with E-state index in [-0.39, 0.29) is 15.8 Å². The summed E-state index contributed by atoms with van der Waals surface area (Å²) >= 11 is 1.09. The number of carbonyl (C=O) groups excluding carboxylic acids is 1. The van der Waals surface area contributed by atoms with Gasteiger partial charge in [-0.15, -0.1) is 11.3 Å². The number of thiophene rings is 1. The molecule has 9 heteroatoms. The number of sulfonamides is 1. The van der Waals surface area contributed by atoms with Crippen LogP contribution in [0.25, 0.3) is 0 Å². The summed E-state index contributed by atoms with van der Waals surface area (Å²) in [6.07, 6.45) is 0.517. The van der Waals surface area contributed by atoms with E-state index in [1.807, 2.05) is 0 Å². The Labute approximate surface area is 119 Å². The van der Waals surface area contributed by atoms with Crippen LogP contribution in [-0.2, 0) is 16.4 Å². The molecule has 7 nitrogen and oxygen atoms in total. The largest absolute Gasteiger partial charge is 0.361 e. The maximum atomic E-state index is 11.7. The molecular formula is C11H13N3O4S2. The second kappa shape index (κ2) is 5.73. The molecule has 2 heterocycles. The van der Waals surface area contributed by atoms with Crippen molar-refractivity contribution >= 4 is 27.3 Å². The molecule has 0 spiro atoms. The van der Waals surface area contributed by atoms with Gasteiger partial charge in [-0.05, 0) is 25.5 Å². The molecule has 0 aliphatic heterocycles. The molecule has 2 aromatic heterocycles. The van der Waals surface area contributed by atoms with E-state index >= 15 is 0 Å². The van der Waals surface area contributed by atoms with E-state index in [0.717, 1.165) is 16.2 Å². The highest BCUT2D eigenvalue weighted by atomic mass is 32.2. The second-order valence-electron chi connectivity index (χ2n) is 4.09. The Bertz CT molecular complexity index is 718.